The fourth-order valence-electron chi connectivity index (χ4n) is 4.34. The molecule has 0 aliphatic heterocycles. The Bertz CT molecular complexity index is 1190. The third kappa shape index (κ3) is 10.8. The maximum Gasteiger partial charge on any atom is 0.408 e. The van der Waals surface area contributed by atoms with E-state index in [4.69, 9.17) is 4.74 Å². The van der Waals surface area contributed by atoms with E-state index in [0.29, 0.717) is 19.3 Å². The van der Waals surface area contributed by atoms with Crippen LogP contribution in [-0.4, -0.2) is 40.9 Å². The molecular weight excluding hydrogens is 488 g/mol. The highest BCUT2D eigenvalue weighted by Gasteiger charge is 2.29. The fraction of sp³-hybridized carbons (Fsp3) is 0.333. The lowest BCUT2D eigenvalue weighted by Gasteiger charge is -2.28. The first-order chi connectivity index (χ1) is 18.6. The van der Waals surface area contributed by atoms with Crippen LogP contribution in [0.25, 0.3) is 0 Å². The predicted octanol–water partition coefficient (Wildman–Crippen LogP) is 5.40. The van der Waals surface area contributed by atoms with Gasteiger partial charge in [-0.2, -0.15) is 0 Å². The van der Waals surface area contributed by atoms with Gasteiger partial charge in [0.05, 0.1) is 12.1 Å². The van der Waals surface area contributed by atoms with Crippen molar-refractivity contribution >= 4 is 12.0 Å². The number of ether oxygens (including phenoxy) is 1. The number of aliphatic hydroxyl groups is 1. The van der Waals surface area contributed by atoms with Crippen molar-refractivity contribution in [3.8, 4) is 0 Å². The first-order valence-electron chi connectivity index (χ1n) is 13.4. The Morgan fingerprint density at radius 2 is 1.28 bits per heavy atom. The molecule has 3 aromatic rings. The lowest BCUT2D eigenvalue weighted by molar-refractivity contribution is -0.124. The first-order valence-corrected chi connectivity index (χ1v) is 13.4. The van der Waals surface area contributed by atoms with Gasteiger partial charge in [-0.3, -0.25) is 4.79 Å². The molecule has 6 heteroatoms. The maximum atomic E-state index is 13.6. The molecule has 0 bridgehead atoms. The van der Waals surface area contributed by atoms with Crippen molar-refractivity contribution in [3.63, 3.8) is 0 Å². The molecule has 39 heavy (non-hydrogen) atoms. The number of hydrogen-bond acceptors (Lipinski definition) is 4. The van der Waals surface area contributed by atoms with E-state index in [-0.39, 0.29) is 6.42 Å². The first kappa shape index (κ1) is 29.7. The highest BCUT2D eigenvalue weighted by molar-refractivity contribution is 5.86. The summed E-state index contributed by atoms with van der Waals surface area (Å²) in [6, 6.07) is 27.7. The minimum absolute atomic E-state index is 0.279. The second-order valence-corrected chi connectivity index (χ2v) is 10.9. The molecule has 2 amide bonds. The highest BCUT2D eigenvalue weighted by Crippen LogP contribution is 2.17. The summed E-state index contributed by atoms with van der Waals surface area (Å²) in [4.78, 5) is 26.2. The number of nitrogens with one attached hydrogen (secondary N) is 2. The smallest absolute Gasteiger partial charge is 0.408 e. The second kappa shape index (κ2) is 14.3. The topological polar surface area (TPSA) is 87.7 Å². The average Bonchev–Trinajstić information content (AvgIpc) is 2.88. The van der Waals surface area contributed by atoms with Gasteiger partial charge in [0.2, 0.25) is 5.91 Å². The van der Waals surface area contributed by atoms with Crippen molar-refractivity contribution in [2.24, 2.45) is 0 Å². The molecule has 0 unspecified atom stereocenters. The summed E-state index contributed by atoms with van der Waals surface area (Å²) in [5.41, 5.74) is 3.15. The number of carbonyl (C=O) groups excluding carboxylic acids is 2. The Hall–Kier alpha value is -3.90. The molecule has 0 heterocycles. The Morgan fingerprint density at radius 3 is 1.79 bits per heavy atom. The molecule has 0 radical (unpaired) electrons. The van der Waals surface area contributed by atoms with Crippen molar-refractivity contribution in [1.82, 2.24) is 10.6 Å². The zero-order chi connectivity index (χ0) is 28.3. The molecule has 0 aromatic heterocycles. The van der Waals surface area contributed by atoms with Gasteiger partial charge in [0.1, 0.15) is 11.6 Å². The highest BCUT2D eigenvalue weighted by atomic mass is 16.6. The Morgan fingerprint density at radius 1 is 0.795 bits per heavy atom. The van der Waals surface area contributed by atoms with E-state index in [1.165, 1.54) is 0 Å². The number of benzene rings is 3. The van der Waals surface area contributed by atoms with Crippen molar-refractivity contribution < 1.29 is 19.4 Å². The van der Waals surface area contributed by atoms with Crippen LogP contribution in [0.4, 0.5) is 4.79 Å². The molecule has 0 fully saturated rings. The standard InChI is InChI=1S/C33H40N2O4/c1-24(20-25-14-8-5-9-15-25)21-30(36)28(22-26-16-10-6-11-17-26)34-31(37)29(23-27-18-12-7-13-19-27)35-32(38)39-33(2,3)4/h5-19,28-30,36H,1,20-23H2,2-4H3,(H,34,37)(H,35,38)/t28-,29-,30+/m0/s1. The largest absolute Gasteiger partial charge is 0.444 e. The zero-order valence-corrected chi connectivity index (χ0v) is 23.1. The minimum atomic E-state index is -0.889. The van der Waals surface area contributed by atoms with Crippen molar-refractivity contribution in [2.75, 3.05) is 0 Å². The van der Waals surface area contributed by atoms with Gasteiger partial charge in [0, 0.05) is 6.42 Å². The van der Waals surface area contributed by atoms with Gasteiger partial charge < -0.3 is 20.5 Å². The number of carbonyl (C=O) groups is 2. The summed E-state index contributed by atoms with van der Waals surface area (Å²) in [6.45, 7) is 9.49. The van der Waals surface area contributed by atoms with Crippen molar-refractivity contribution in [2.45, 2.75) is 70.2 Å². The van der Waals surface area contributed by atoms with E-state index in [9.17, 15) is 14.7 Å². The third-order valence-electron chi connectivity index (χ3n) is 6.18. The van der Waals surface area contributed by atoms with Crippen LogP contribution in [0.1, 0.15) is 43.9 Å². The summed E-state index contributed by atoms with van der Waals surface area (Å²) in [5.74, 6) is -0.390. The summed E-state index contributed by atoms with van der Waals surface area (Å²) >= 11 is 0. The van der Waals surface area contributed by atoms with Gasteiger partial charge in [0.25, 0.3) is 0 Å². The van der Waals surface area contributed by atoms with Gasteiger partial charge in [0.15, 0.2) is 0 Å². The molecular formula is C33H40N2O4. The SMILES string of the molecule is C=C(Cc1ccccc1)C[C@@H](O)[C@H](Cc1ccccc1)NC(=O)[C@H](Cc1ccccc1)NC(=O)OC(C)(C)C. The molecule has 206 valence electrons. The van der Waals surface area contributed by atoms with Gasteiger partial charge in [-0.25, -0.2) is 4.79 Å². The lowest BCUT2D eigenvalue weighted by Crippen LogP contribution is -2.54. The summed E-state index contributed by atoms with van der Waals surface area (Å²) in [7, 11) is 0. The van der Waals surface area contributed by atoms with E-state index in [0.717, 1.165) is 22.3 Å². The normalized spacial score (nSPS) is 13.5. The molecule has 0 aliphatic carbocycles. The number of rotatable bonds is 12. The van der Waals surface area contributed by atoms with Crippen LogP contribution in [0.2, 0.25) is 0 Å². The van der Waals surface area contributed by atoms with E-state index < -0.39 is 35.8 Å². The van der Waals surface area contributed by atoms with Crippen LogP contribution in [0.5, 0.6) is 0 Å². The summed E-state index contributed by atoms with van der Waals surface area (Å²) in [5, 5.41) is 17.0. The van der Waals surface area contributed by atoms with Crippen LogP contribution in [0.3, 0.4) is 0 Å². The van der Waals surface area contributed by atoms with Gasteiger partial charge in [-0.15, -0.1) is 0 Å². The molecule has 0 aliphatic rings. The molecule has 3 aromatic carbocycles. The van der Waals surface area contributed by atoms with Crippen LogP contribution < -0.4 is 10.6 Å². The van der Waals surface area contributed by atoms with Crippen molar-refractivity contribution in [1.29, 1.82) is 0 Å². The predicted molar refractivity (Wildman–Crippen MR) is 155 cm³/mol. The van der Waals surface area contributed by atoms with E-state index in [1.807, 2.05) is 91.0 Å². The fourth-order valence-corrected chi connectivity index (χ4v) is 4.34. The quantitative estimate of drug-likeness (QED) is 0.275. The van der Waals surface area contributed by atoms with Crippen LogP contribution >= 0.6 is 0 Å². The second-order valence-electron chi connectivity index (χ2n) is 10.9. The Balaban J connectivity index is 1.77. The maximum absolute atomic E-state index is 13.6. The van der Waals surface area contributed by atoms with Gasteiger partial charge >= 0.3 is 6.09 Å². The zero-order valence-electron chi connectivity index (χ0n) is 23.1. The summed E-state index contributed by atoms with van der Waals surface area (Å²) in [6.07, 6.45) is 0.132. The van der Waals surface area contributed by atoms with Crippen molar-refractivity contribution in [3.05, 3.63) is 120 Å². The third-order valence-corrected chi connectivity index (χ3v) is 6.18. The number of hydrogen-bond donors (Lipinski definition) is 3. The molecule has 0 saturated heterocycles. The number of aliphatic hydroxyl groups excluding tert-OH is 1. The van der Waals surface area contributed by atoms with Crippen LogP contribution in [-0.2, 0) is 28.8 Å². The summed E-state index contributed by atoms with van der Waals surface area (Å²) < 4.78 is 5.42. The van der Waals surface area contributed by atoms with E-state index in [1.54, 1.807) is 20.8 Å². The molecule has 6 nitrogen and oxygen atoms in total. The van der Waals surface area contributed by atoms with Gasteiger partial charge in [-0.1, -0.05) is 103 Å². The number of alkyl carbamates (subject to hydrolysis) is 1. The molecule has 0 saturated carbocycles. The van der Waals surface area contributed by atoms with E-state index >= 15 is 0 Å². The Kier molecular flexibility index (Phi) is 10.9. The lowest BCUT2D eigenvalue weighted by atomic mass is 9.93. The Labute approximate surface area is 232 Å². The van der Waals surface area contributed by atoms with Gasteiger partial charge in [-0.05, 0) is 56.7 Å². The molecule has 3 atom stereocenters. The monoisotopic (exact) mass is 528 g/mol. The molecule has 0 spiro atoms. The number of amides is 2. The van der Waals surface area contributed by atoms with Crippen LogP contribution in [0, 0.1) is 0 Å². The minimum Gasteiger partial charge on any atom is -0.444 e. The van der Waals surface area contributed by atoms with E-state index in [2.05, 4.69) is 17.2 Å². The molecule has 3 rings (SSSR count). The van der Waals surface area contributed by atoms with Crippen LogP contribution in [0.15, 0.2) is 103 Å². The molecule has 3 N–H and O–H groups in total. The average molecular weight is 529 g/mol.